The van der Waals surface area contributed by atoms with E-state index in [2.05, 4.69) is 13.8 Å². The Hall–Kier alpha value is -1.31. The normalized spacial score (nSPS) is 38.2. The van der Waals surface area contributed by atoms with Crippen LogP contribution >= 0.6 is 0 Å². The molecule has 2 heteroatoms. The van der Waals surface area contributed by atoms with Crippen molar-refractivity contribution in [2.75, 3.05) is 0 Å². The van der Waals surface area contributed by atoms with Crippen molar-refractivity contribution in [2.24, 2.45) is 23.7 Å². The first-order valence-electron chi connectivity index (χ1n) is 8.38. The lowest BCUT2D eigenvalue weighted by molar-refractivity contribution is 0.0434. The Morgan fingerprint density at radius 1 is 1.29 bits per heavy atom. The van der Waals surface area contributed by atoms with E-state index < -0.39 is 0 Å². The van der Waals surface area contributed by atoms with Crippen molar-refractivity contribution in [1.29, 1.82) is 0 Å². The van der Waals surface area contributed by atoms with Crippen LogP contribution in [0.15, 0.2) is 18.2 Å². The van der Waals surface area contributed by atoms with Crippen molar-refractivity contribution in [2.45, 2.75) is 51.4 Å². The summed E-state index contributed by atoms with van der Waals surface area (Å²) < 4.78 is 0. The summed E-state index contributed by atoms with van der Waals surface area (Å²) in [4.78, 5) is 13.0. The summed E-state index contributed by atoms with van der Waals surface area (Å²) in [5.41, 5.74) is 2.01. The largest absolute Gasteiger partial charge is 0.508 e. The van der Waals surface area contributed by atoms with Crippen molar-refractivity contribution in [3.63, 3.8) is 0 Å². The van der Waals surface area contributed by atoms with E-state index >= 15 is 0 Å². The molecule has 21 heavy (non-hydrogen) atoms. The summed E-state index contributed by atoms with van der Waals surface area (Å²) in [5.74, 6) is 2.67. The van der Waals surface area contributed by atoms with Crippen molar-refractivity contribution < 1.29 is 9.90 Å². The molecule has 2 unspecified atom stereocenters. The second-order valence-corrected chi connectivity index (χ2v) is 7.80. The summed E-state index contributed by atoms with van der Waals surface area (Å²) in [5, 5.41) is 9.84. The van der Waals surface area contributed by atoms with Gasteiger partial charge in [0.2, 0.25) is 0 Å². The van der Waals surface area contributed by atoms with Crippen LogP contribution < -0.4 is 0 Å². The highest BCUT2D eigenvalue weighted by molar-refractivity contribution is 6.01. The third-order valence-corrected chi connectivity index (χ3v) is 6.61. The minimum absolute atomic E-state index is 0.0483. The molecule has 1 aromatic rings. The summed E-state index contributed by atoms with van der Waals surface area (Å²) in [6.45, 7) is 4.55. The van der Waals surface area contributed by atoms with Crippen LogP contribution in [0.4, 0.5) is 0 Å². The summed E-state index contributed by atoms with van der Waals surface area (Å²) in [7, 11) is 0. The van der Waals surface area contributed by atoms with E-state index in [9.17, 15) is 9.90 Å². The van der Waals surface area contributed by atoms with Gasteiger partial charge in [0.15, 0.2) is 5.78 Å². The molecule has 0 aliphatic heterocycles. The maximum Gasteiger partial charge on any atom is 0.166 e. The van der Waals surface area contributed by atoms with Gasteiger partial charge in [0.25, 0.3) is 0 Å². The smallest absolute Gasteiger partial charge is 0.166 e. The molecular weight excluding hydrogens is 260 g/mol. The minimum atomic E-state index is 0.0483. The molecule has 3 aliphatic rings. The molecule has 2 fully saturated rings. The molecule has 4 rings (SSSR count). The highest BCUT2D eigenvalue weighted by atomic mass is 16.3. The number of phenolic OH excluding ortho intramolecular Hbond substituents is 1. The molecule has 2 saturated carbocycles. The van der Waals surface area contributed by atoms with Crippen LogP contribution in [-0.2, 0) is 5.41 Å². The van der Waals surface area contributed by atoms with E-state index in [0.717, 1.165) is 23.5 Å². The van der Waals surface area contributed by atoms with E-state index in [-0.39, 0.29) is 17.1 Å². The Bertz CT molecular complexity index is 602. The van der Waals surface area contributed by atoms with Gasteiger partial charge in [-0.15, -0.1) is 0 Å². The third-order valence-electron chi connectivity index (χ3n) is 6.61. The number of carbonyl (C=O) groups excluding carboxylic acids is 1. The monoisotopic (exact) mass is 284 g/mol. The van der Waals surface area contributed by atoms with Crippen LogP contribution in [0.25, 0.3) is 0 Å². The molecule has 0 spiro atoms. The predicted molar refractivity (Wildman–Crippen MR) is 82.5 cm³/mol. The quantitative estimate of drug-likeness (QED) is 0.878. The maximum absolute atomic E-state index is 13.0. The van der Waals surface area contributed by atoms with E-state index in [0.29, 0.717) is 17.6 Å². The maximum atomic E-state index is 13.0. The second kappa shape index (κ2) is 4.34. The number of hydrogen-bond donors (Lipinski definition) is 1. The molecule has 3 aliphatic carbocycles. The Kier molecular flexibility index (Phi) is 2.76. The number of fused-ring (bicyclic) bond motifs is 4. The molecule has 1 aromatic carbocycles. The molecule has 2 bridgehead atoms. The fourth-order valence-electron chi connectivity index (χ4n) is 4.96. The van der Waals surface area contributed by atoms with Gasteiger partial charge in [-0.3, -0.25) is 4.79 Å². The Labute approximate surface area is 126 Å². The topological polar surface area (TPSA) is 37.3 Å². The van der Waals surface area contributed by atoms with E-state index in [1.54, 1.807) is 6.07 Å². The van der Waals surface area contributed by atoms with Crippen molar-refractivity contribution in [1.82, 2.24) is 0 Å². The highest BCUT2D eigenvalue weighted by Crippen LogP contribution is 2.56. The first kappa shape index (κ1) is 13.4. The van der Waals surface area contributed by atoms with Crippen LogP contribution in [0.1, 0.15) is 61.9 Å². The van der Waals surface area contributed by atoms with Gasteiger partial charge in [-0.2, -0.15) is 0 Å². The average Bonchev–Trinajstić information content (AvgIpc) is 3.25. The fraction of sp³-hybridized carbons (Fsp3) is 0.632. The van der Waals surface area contributed by atoms with Crippen molar-refractivity contribution in [3.8, 4) is 5.75 Å². The Morgan fingerprint density at radius 2 is 2.05 bits per heavy atom. The van der Waals surface area contributed by atoms with Crippen LogP contribution in [0.3, 0.4) is 0 Å². The van der Waals surface area contributed by atoms with Crippen LogP contribution in [0, 0.1) is 23.7 Å². The molecular formula is C19H24O2. The van der Waals surface area contributed by atoms with Crippen molar-refractivity contribution >= 4 is 5.78 Å². The van der Waals surface area contributed by atoms with E-state index in [1.165, 1.54) is 25.7 Å². The third kappa shape index (κ3) is 1.88. The van der Waals surface area contributed by atoms with E-state index in [1.807, 2.05) is 12.1 Å². The van der Waals surface area contributed by atoms with Crippen LogP contribution in [-0.4, -0.2) is 10.9 Å². The average molecular weight is 284 g/mol. The van der Waals surface area contributed by atoms with Gasteiger partial charge in [0.1, 0.15) is 5.75 Å². The SMILES string of the molecule is CC1[C@H]2C(=O)c3ccc(O)cc3[C@]1(C)CCC2CC1CC1. The van der Waals surface area contributed by atoms with E-state index in [4.69, 9.17) is 0 Å². The number of carbonyl (C=O) groups is 1. The zero-order chi connectivity index (χ0) is 14.8. The number of Topliss-reactive ketones (excluding diaryl/α,β-unsaturated/α-hetero) is 1. The summed E-state index contributed by atoms with van der Waals surface area (Å²) in [6, 6.07) is 5.35. The molecule has 0 amide bonds. The molecule has 112 valence electrons. The number of ketones is 1. The Balaban J connectivity index is 1.79. The molecule has 4 atom stereocenters. The predicted octanol–water partition coefficient (Wildman–Crippen LogP) is 4.31. The summed E-state index contributed by atoms with van der Waals surface area (Å²) in [6.07, 6.45) is 6.31. The van der Waals surface area contributed by atoms with Gasteiger partial charge in [-0.25, -0.2) is 0 Å². The number of rotatable bonds is 2. The molecule has 0 heterocycles. The van der Waals surface area contributed by atoms with Gasteiger partial charge in [-0.05, 0) is 66.2 Å². The first-order valence-corrected chi connectivity index (χ1v) is 8.38. The number of phenols is 1. The Morgan fingerprint density at radius 3 is 2.76 bits per heavy atom. The lowest BCUT2D eigenvalue weighted by atomic mass is 9.51. The number of aromatic hydroxyl groups is 1. The standard InChI is InChI=1S/C19H24O2/c1-11-17-13(9-12-3-4-12)7-8-19(11,2)16-10-14(20)5-6-15(16)18(17)21/h5-6,10-13,17,20H,3-4,7-9H2,1-2H3/t11?,13?,17-,19-/m1/s1. The second-order valence-electron chi connectivity index (χ2n) is 7.80. The molecule has 0 radical (unpaired) electrons. The lowest BCUT2D eigenvalue weighted by Crippen LogP contribution is -2.50. The molecule has 1 N–H and O–H groups in total. The van der Waals surface area contributed by atoms with Gasteiger partial charge < -0.3 is 5.11 Å². The zero-order valence-corrected chi connectivity index (χ0v) is 12.9. The molecule has 0 aromatic heterocycles. The first-order chi connectivity index (χ1) is 10.0. The highest BCUT2D eigenvalue weighted by Gasteiger charge is 2.53. The summed E-state index contributed by atoms with van der Waals surface area (Å²) >= 11 is 0. The molecule has 2 nitrogen and oxygen atoms in total. The van der Waals surface area contributed by atoms with Crippen LogP contribution in [0.5, 0.6) is 5.75 Å². The van der Waals surface area contributed by atoms with Gasteiger partial charge in [-0.1, -0.05) is 26.7 Å². The lowest BCUT2D eigenvalue weighted by Gasteiger charge is -2.52. The van der Waals surface area contributed by atoms with Gasteiger partial charge in [0, 0.05) is 11.5 Å². The minimum Gasteiger partial charge on any atom is -0.508 e. The fourth-order valence-corrected chi connectivity index (χ4v) is 4.96. The number of hydrogen-bond acceptors (Lipinski definition) is 2. The van der Waals surface area contributed by atoms with Crippen molar-refractivity contribution in [3.05, 3.63) is 29.3 Å². The zero-order valence-electron chi connectivity index (χ0n) is 12.9. The van der Waals surface area contributed by atoms with Crippen LogP contribution in [0.2, 0.25) is 0 Å². The number of benzene rings is 1. The van der Waals surface area contributed by atoms with Gasteiger partial charge in [0.05, 0.1) is 0 Å². The van der Waals surface area contributed by atoms with Gasteiger partial charge >= 0.3 is 0 Å². The molecule has 0 saturated heterocycles.